The molecule has 1 N–H and O–H groups in total. The van der Waals surface area contributed by atoms with Crippen LogP contribution in [0.25, 0.3) is 11.0 Å². The first kappa shape index (κ1) is 18.1. The zero-order valence-corrected chi connectivity index (χ0v) is 15.3. The van der Waals surface area contributed by atoms with E-state index in [0.29, 0.717) is 22.3 Å². The summed E-state index contributed by atoms with van der Waals surface area (Å²) in [4.78, 5) is 25.0. The molecular weight excluding hydrogens is 364 g/mol. The minimum absolute atomic E-state index is 0.117. The second-order valence-corrected chi connectivity index (χ2v) is 6.54. The van der Waals surface area contributed by atoms with Crippen LogP contribution in [0.4, 0.5) is 0 Å². The number of hydrogen-bond acceptors (Lipinski definition) is 7. The molecule has 1 aliphatic rings. The van der Waals surface area contributed by atoms with Gasteiger partial charge in [-0.05, 0) is 29.8 Å². The van der Waals surface area contributed by atoms with Crippen molar-refractivity contribution in [1.29, 1.82) is 0 Å². The van der Waals surface area contributed by atoms with E-state index in [4.69, 9.17) is 18.6 Å². The van der Waals surface area contributed by atoms with Gasteiger partial charge in [0.1, 0.15) is 17.1 Å². The van der Waals surface area contributed by atoms with E-state index >= 15 is 0 Å². The zero-order valence-electron chi connectivity index (χ0n) is 15.3. The van der Waals surface area contributed by atoms with Crippen molar-refractivity contribution in [3.8, 4) is 11.5 Å². The summed E-state index contributed by atoms with van der Waals surface area (Å²) in [5, 5.41) is 11.4. The Labute approximate surface area is 160 Å². The van der Waals surface area contributed by atoms with Gasteiger partial charge in [0.05, 0.1) is 25.2 Å². The number of carbonyl (C=O) groups excluding carboxylic acids is 1. The Bertz CT molecular complexity index is 1100. The fourth-order valence-corrected chi connectivity index (χ4v) is 3.54. The Morgan fingerprint density at radius 1 is 1.14 bits per heavy atom. The summed E-state index contributed by atoms with van der Waals surface area (Å²) in [5.74, 6) is -3.05. The van der Waals surface area contributed by atoms with Gasteiger partial charge < -0.3 is 23.7 Å². The van der Waals surface area contributed by atoms with E-state index in [9.17, 15) is 14.7 Å². The summed E-state index contributed by atoms with van der Waals surface area (Å²) >= 11 is 0. The second-order valence-electron chi connectivity index (χ2n) is 6.54. The highest BCUT2D eigenvalue weighted by molar-refractivity contribution is 5.87. The molecule has 0 radical (unpaired) electrons. The van der Waals surface area contributed by atoms with Crippen molar-refractivity contribution in [1.82, 2.24) is 0 Å². The van der Waals surface area contributed by atoms with Crippen molar-refractivity contribution >= 4 is 16.9 Å². The van der Waals surface area contributed by atoms with E-state index in [2.05, 4.69) is 0 Å². The van der Waals surface area contributed by atoms with E-state index in [1.165, 1.54) is 7.11 Å². The van der Waals surface area contributed by atoms with Crippen LogP contribution in [0, 0.1) is 0 Å². The third kappa shape index (κ3) is 2.80. The molecule has 0 fully saturated rings. The van der Waals surface area contributed by atoms with Crippen LogP contribution in [0.2, 0.25) is 0 Å². The highest BCUT2D eigenvalue weighted by Gasteiger charge is 2.49. The molecule has 2 unspecified atom stereocenters. The molecule has 0 bridgehead atoms. The Hall–Kier alpha value is -3.32. The van der Waals surface area contributed by atoms with Gasteiger partial charge in [-0.15, -0.1) is 0 Å². The van der Waals surface area contributed by atoms with Crippen LogP contribution >= 0.6 is 0 Å². The van der Waals surface area contributed by atoms with Crippen LogP contribution in [-0.4, -0.2) is 31.1 Å². The minimum Gasteiger partial charge on any atom is -0.497 e. The molecule has 0 amide bonds. The predicted molar refractivity (Wildman–Crippen MR) is 99.5 cm³/mol. The largest absolute Gasteiger partial charge is 0.497 e. The number of carbonyl (C=O) groups is 1. The number of fused-ring (bicyclic) bond motifs is 3. The van der Waals surface area contributed by atoms with Gasteiger partial charge in [0, 0.05) is 12.3 Å². The smallest absolute Gasteiger partial charge is 0.379 e. The summed E-state index contributed by atoms with van der Waals surface area (Å²) in [6.45, 7) is 0. The molecule has 2 aromatic carbocycles. The zero-order chi connectivity index (χ0) is 19.9. The molecule has 1 aromatic heterocycles. The summed E-state index contributed by atoms with van der Waals surface area (Å²) in [6.07, 6.45) is -0.192. The van der Waals surface area contributed by atoms with E-state index in [-0.39, 0.29) is 17.7 Å². The molecule has 4 rings (SSSR count). The molecule has 0 saturated carbocycles. The number of aliphatic hydroxyl groups is 1. The number of rotatable bonds is 3. The van der Waals surface area contributed by atoms with Crippen molar-refractivity contribution in [2.75, 3.05) is 14.2 Å². The molecule has 0 saturated heterocycles. The lowest BCUT2D eigenvalue weighted by Gasteiger charge is -2.36. The quantitative estimate of drug-likeness (QED) is 0.549. The standard InChI is InChI=1S/C21H18O7/c1-25-13-9-7-12(8-10-13)15-11-21(24,20(23)26-2)28-18-14-5-3-4-6-16(14)27-19(22)17(15)18/h3-10,15,24H,11H2,1-2H3. The fraction of sp³-hybridized carbons (Fsp3) is 0.238. The monoisotopic (exact) mass is 382 g/mol. The number of methoxy groups -OCH3 is 2. The van der Waals surface area contributed by atoms with Crippen LogP contribution in [0.15, 0.2) is 57.7 Å². The molecule has 2 heterocycles. The van der Waals surface area contributed by atoms with Gasteiger partial charge in [0.15, 0.2) is 0 Å². The van der Waals surface area contributed by atoms with Crippen LogP contribution in [-0.2, 0) is 9.53 Å². The number of para-hydroxylation sites is 1. The van der Waals surface area contributed by atoms with E-state index in [1.54, 1.807) is 55.6 Å². The third-order valence-electron chi connectivity index (χ3n) is 4.92. The van der Waals surface area contributed by atoms with Crippen LogP contribution in [0.5, 0.6) is 11.5 Å². The maximum absolute atomic E-state index is 12.8. The summed E-state index contributed by atoms with van der Waals surface area (Å²) in [6, 6.07) is 13.8. The number of esters is 1. The third-order valence-corrected chi connectivity index (χ3v) is 4.92. The van der Waals surface area contributed by atoms with Gasteiger partial charge in [0.25, 0.3) is 0 Å². The maximum atomic E-state index is 12.8. The van der Waals surface area contributed by atoms with Crippen molar-refractivity contribution < 1.29 is 28.5 Å². The van der Waals surface area contributed by atoms with Crippen molar-refractivity contribution in [3.05, 3.63) is 70.1 Å². The highest BCUT2D eigenvalue weighted by Crippen LogP contribution is 2.45. The Kier molecular flexibility index (Phi) is 4.31. The van der Waals surface area contributed by atoms with Crippen LogP contribution in [0.3, 0.4) is 0 Å². The molecular formula is C21H18O7. The van der Waals surface area contributed by atoms with Crippen molar-refractivity contribution in [3.63, 3.8) is 0 Å². The average Bonchev–Trinajstić information content (AvgIpc) is 2.72. The maximum Gasteiger partial charge on any atom is 0.379 e. The molecule has 144 valence electrons. The summed E-state index contributed by atoms with van der Waals surface area (Å²) < 4.78 is 21.0. The lowest BCUT2D eigenvalue weighted by Crippen LogP contribution is -2.50. The molecule has 1 aliphatic heterocycles. The minimum atomic E-state index is -2.23. The Morgan fingerprint density at radius 2 is 1.86 bits per heavy atom. The average molecular weight is 382 g/mol. The molecule has 28 heavy (non-hydrogen) atoms. The van der Waals surface area contributed by atoms with E-state index < -0.39 is 23.3 Å². The molecule has 0 aliphatic carbocycles. The van der Waals surface area contributed by atoms with Crippen molar-refractivity contribution in [2.24, 2.45) is 0 Å². The molecule has 7 nitrogen and oxygen atoms in total. The number of ether oxygens (including phenoxy) is 3. The van der Waals surface area contributed by atoms with Crippen molar-refractivity contribution in [2.45, 2.75) is 18.1 Å². The van der Waals surface area contributed by atoms with Crippen LogP contribution in [0.1, 0.15) is 23.5 Å². The fourth-order valence-electron chi connectivity index (χ4n) is 3.54. The lowest BCUT2D eigenvalue weighted by molar-refractivity contribution is -0.202. The first-order valence-corrected chi connectivity index (χ1v) is 8.66. The second kappa shape index (κ2) is 6.69. The number of hydrogen-bond donors (Lipinski definition) is 1. The first-order valence-electron chi connectivity index (χ1n) is 8.66. The van der Waals surface area contributed by atoms with Gasteiger partial charge in [-0.25, -0.2) is 9.59 Å². The van der Waals surface area contributed by atoms with E-state index in [1.807, 2.05) is 0 Å². The molecule has 7 heteroatoms. The van der Waals surface area contributed by atoms with Gasteiger partial charge in [0.2, 0.25) is 0 Å². The SMILES string of the molecule is COC(=O)C1(O)CC(c2ccc(OC)cc2)c2c(c3ccccc3oc2=O)O1. The van der Waals surface area contributed by atoms with Gasteiger partial charge in [-0.1, -0.05) is 24.3 Å². The first-order chi connectivity index (χ1) is 13.5. The van der Waals surface area contributed by atoms with Gasteiger partial charge in [-0.2, -0.15) is 0 Å². The Morgan fingerprint density at radius 3 is 2.54 bits per heavy atom. The lowest BCUT2D eigenvalue weighted by atomic mass is 9.83. The topological polar surface area (TPSA) is 95.2 Å². The molecule has 3 aromatic rings. The van der Waals surface area contributed by atoms with Gasteiger partial charge >= 0.3 is 17.4 Å². The predicted octanol–water partition coefficient (Wildman–Crippen LogP) is 2.58. The molecule has 0 spiro atoms. The Balaban J connectivity index is 1.97. The summed E-state index contributed by atoms with van der Waals surface area (Å²) in [5.41, 5.74) is 0.669. The normalized spacial score (nSPS) is 20.9. The van der Waals surface area contributed by atoms with E-state index in [0.717, 1.165) is 0 Å². The van der Waals surface area contributed by atoms with Crippen LogP contribution < -0.4 is 15.1 Å². The number of benzene rings is 2. The highest BCUT2D eigenvalue weighted by atomic mass is 16.7. The molecule has 2 atom stereocenters. The van der Waals surface area contributed by atoms with Gasteiger partial charge in [-0.3, -0.25) is 0 Å². The summed E-state index contributed by atoms with van der Waals surface area (Å²) in [7, 11) is 2.72.